The highest BCUT2D eigenvalue weighted by atomic mass is 16.4. The fourth-order valence-electron chi connectivity index (χ4n) is 1.29. The topological polar surface area (TPSA) is 66.7 Å². The van der Waals surface area contributed by atoms with Crippen molar-refractivity contribution in [2.45, 2.75) is 26.3 Å². The second kappa shape index (κ2) is 4.63. The first-order valence-electron chi connectivity index (χ1n) is 5.06. The predicted molar refractivity (Wildman–Crippen MR) is 56.4 cm³/mol. The van der Waals surface area contributed by atoms with E-state index in [1.54, 1.807) is 0 Å². The molecule has 15 heavy (non-hydrogen) atoms. The number of aryl methyl sites for hydroxylation is 1. The molecule has 0 bridgehead atoms. The number of hydrogen-bond acceptors (Lipinski definition) is 4. The van der Waals surface area contributed by atoms with Gasteiger partial charge in [0, 0.05) is 25.4 Å². The minimum absolute atomic E-state index is 0.486. The summed E-state index contributed by atoms with van der Waals surface area (Å²) in [7, 11) is 0. The molecule has 0 aliphatic rings. The van der Waals surface area contributed by atoms with Crippen LogP contribution in [0.4, 0.5) is 6.01 Å². The van der Waals surface area contributed by atoms with E-state index in [0.717, 1.165) is 18.4 Å². The summed E-state index contributed by atoms with van der Waals surface area (Å²) >= 11 is 0. The summed E-state index contributed by atoms with van der Waals surface area (Å²) < 4.78 is 5.38. The van der Waals surface area contributed by atoms with E-state index in [1.165, 1.54) is 0 Å². The first-order valence-corrected chi connectivity index (χ1v) is 5.06. The van der Waals surface area contributed by atoms with Gasteiger partial charge in [0.1, 0.15) is 0 Å². The lowest BCUT2D eigenvalue weighted by molar-refractivity contribution is 0.501. The van der Waals surface area contributed by atoms with Crippen LogP contribution in [0.5, 0.6) is 0 Å². The maximum atomic E-state index is 5.38. The van der Waals surface area contributed by atoms with Crippen LogP contribution in [0.3, 0.4) is 0 Å². The number of rotatable bonds is 5. The lowest BCUT2D eigenvalue weighted by Crippen LogP contribution is -1.97. The maximum absolute atomic E-state index is 5.38. The van der Waals surface area contributed by atoms with Crippen LogP contribution in [0.15, 0.2) is 22.9 Å². The molecule has 2 heterocycles. The Morgan fingerprint density at radius 1 is 1.47 bits per heavy atom. The number of nitrogens with zero attached hydrogens (tertiary/aromatic N) is 2. The van der Waals surface area contributed by atoms with Crippen molar-refractivity contribution in [2.75, 3.05) is 5.32 Å². The molecule has 2 aromatic rings. The molecule has 80 valence electrons. The molecule has 0 fully saturated rings. The maximum Gasteiger partial charge on any atom is 0.315 e. The zero-order chi connectivity index (χ0) is 10.5. The summed E-state index contributed by atoms with van der Waals surface area (Å²) in [5.41, 5.74) is 1.16. The molecule has 2 aromatic heterocycles. The van der Waals surface area contributed by atoms with Crippen molar-refractivity contribution in [1.29, 1.82) is 0 Å². The van der Waals surface area contributed by atoms with Gasteiger partial charge in [0.15, 0.2) is 0 Å². The quantitative estimate of drug-likeness (QED) is 0.784. The molecule has 0 atom stereocenters. The Balaban J connectivity index is 1.88. The molecule has 0 saturated carbocycles. The van der Waals surface area contributed by atoms with Gasteiger partial charge in [-0.15, -0.1) is 5.10 Å². The van der Waals surface area contributed by atoms with E-state index in [1.807, 2.05) is 18.5 Å². The van der Waals surface area contributed by atoms with Crippen LogP contribution in [0.2, 0.25) is 0 Å². The van der Waals surface area contributed by atoms with E-state index in [0.29, 0.717) is 18.5 Å². The third-order valence-electron chi connectivity index (χ3n) is 2.04. The Morgan fingerprint density at radius 2 is 2.40 bits per heavy atom. The molecule has 0 unspecified atom stereocenters. The number of aromatic amines is 1. The first-order chi connectivity index (χ1) is 7.38. The fraction of sp³-hybridized carbons (Fsp3) is 0.400. The van der Waals surface area contributed by atoms with E-state index in [-0.39, 0.29) is 0 Å². The van der Waals surface area contributed by atoms with Gasteiger partial charge in [-0.1, -0.05) is 12.0 Å². The van der Waals surface area contributed by atoms with E-state index in [2.05, 4.69) is 27.4 Å². The number of aromatic nitrogens is 3. The van der Waals surface area contributed by atoms with Crippen LogP contribution in [0.25, 0.3) is 0 Å². The lowest BCUT2D eigenvalue weighted by Gasteiger charge is -1.96. The minimum Gasteiger partial charge on any atom is -0.408 e. The summed E-state index contributed by atoms with van der Waals surface area (Å²) in [6, 6.07) is 2.48. The van der Waals surface area contributed by atoms with Gasteiger partial charge in [-0.2, -0.15) is 0 Å². The number of anilines is 1. The van der Waals surface area contributed by atoms with Crippen LogP contribution >= 0.6 is 0 Å². The van der Waals surface area contributed by atoms with E-state index in [4.69, 9.17) is 4.42 Å². The Hall–Kier alpha value is -1.78. The van der Waals surface area contributed by atoms with Crippen molar-refractivity contribution in [3.63, 3.8) is 0 Å². The summed E-state index contributed by atoms with van der Waals surface area (Å²) in [5, 5.41) is 10.9. The molecule has 5 nitrogen and oxygen atoms in total. The molecule has 0 amide bonds. The van der Waals surface area contributed by atoms with Crippen LogP contribution in [0.1, 0.15) is 24.8 Å². The van der Waals surface area contributed by atoms with Gasteiger partial charge >= 0.3 is 6.01 Å². The third kappa shape index (κ3) is 2.59. The van der Waals surface area contributed by atoms with Crippen LogP contribution < -0.4 is 5.32 Å². The van der Waals surface area contributed by atoms with Crippen molar-refractivity contribution in [3.05, 3.63) is 29.9 Å². The van der Waals surface area contributed by atoms with Gasteiger partial charge in [-0.3, -0.25) is 0 Å². The van der Waals surface area contributed by atoms with Gasteiger partial charge in [-0.05, 0) is 18.1 Å². The largest absolute Gasteiger partial charge is 0.408 e. The highest BCUT2D eigenvalue weighted by molar-refractivity contribution is 5.21. The van der Waals surface area contributed by atoms with Crippen LogP contribution in [-0.2, 0) is 13.0 Å². The summed E-state index contributed by atoms with van der Waals surface area (Å²) in [6.07, 6.45) is 5.65. The van der Waals surface area contributed by atoms with Crippen molar-refractivity contribution in [2.24, 2.45) is 0 Å². The molecular formula is C10H14N4O. The van der Waals surface area contributed by atoms with E-state index >= 15 is 0 Å². The number of H-pyrrole nitrogens is 1. The summed E-state index contributed by atoms with van der Waals surface area (Å²) in [5.74, 6) is 0.689. The highest BCUT2D eigenvalue weighted by Gasteiger charge is 2.03. The fourth-order valence-corrected chi connectivity index (χ4v) is 1.29. The Labute approximate surface area is 87.9 Å². The van der Waals surface area contributed by atoms with Gasteiger partial charge in [0.2, 0.25) is 5.89 Å². The SMILES string of the molecule is CCCc1nnc(NCc2cc[nH]c2)o1. The molecule has 2 N–H and O–H groups in total. The predicted octanol–water partition coefficient (Wildman–Crippen LogP) is 1.96. The number of nitrogens with one attached hydrogen (secondary N) is 2. The van der Waals surface area contributed by atoms with Crippen LogP contribution in [-0.4, -0.2) is 15.2 Å². The monoisotopic (exact) mass is 206 g/mol. The summed E-state index contributed by atoms with van der Waals surface area (Å²) in [6.45, 7) is 2.77. The van der Waals surface area contributed by atoms with Gasteiger partial charge < -0.3 is 14.7 Å². The van der Waals surface area contributed by atoms with E-state index < -0.39 is 0 Å². The molecule has 0 spiro atoms. The molecule has 0 aromatic carbocycles. The zero-order valence-electron chi connectivity index (χ0n) is 8.66. The molecule has 0 aliphatic carbocycles. The van der Waals surface area contributed by atoms with Crippen LogP contribution in [0, 0.1) is 0 Å². The Morgan fingerprint density at radius 3 is 3.13 bits per heavy atom. The van der Waals surface area contributed by atoms with Gasteiger partial charge in [-0.25, -0.2) is 0 Å². The second-order valence-electron chi connectivity index (χ2n) is 3.32. The molecule has 0 saturated heterocycles. The minimum atomic E-state index is 0.486. The number of hydrogen-bond donors (Lipinski definition) is 2. The normalized spacial score (nSPS) is 10.5. The van der Waals surface area contributed by atoms with Crippen molar-refractivity contribution < 1.29 is 4.42 Å². The van der Waals surface area contributed by atoms with Gasteiger partial charge in [0.05, 0.1) is 0 Å². The second-order valence-corrected chi connectivity index (χ2v) is 3.32. The van der Waals surface area contributed by atoms with Crippen molar-refractivity contribution in [1.82, 2.24) is 15.2 Å². The molecule has 0 radical (unpaired) electrons. The molecular weight excluding hydrogens is 192 g/mol. The van der Waals surface area contributed by atoms with Gasteiger partial charge in [0.25, 0.3) is 0 Å². The van der Waals surface area contributed by atoms with Crippen molar-refractivity contribution >= 4 is 6.01 Å². The molecule has 2 rings (SSSR count). The Bertz CT molecular complexity index is 393. The van der Waals surface area contributed by atoms with E-state index in [9.17, 15) is 0 Å². The zero-order valence-corrected chi connectivity index (χ0v) is 8.66. The highest BCUT2D eigenvalue weighted by Crippen LogP contribution is 2.08. The lowest BCUT2D eigenvalue weighted by atomic mass is 10.3. The smallest absolute Gasteiger partial charge is 0.315 e. The Kier molecular flexibility index (Phi) is 3.02. The average molecular weight is 206 g/mol. The van der Waals surface area contributed by atoms with Crippen molar-refractivity contribution in [3.8, 4) is 0 Å². The average Bonchev–Trinajstić information content (AvgIpc) is 2.85. The summed E-state index contributed by atoms with van der Waals surface area (Å²) in [4.78, 5) is 2.98. The third-order valence-corrected chi connectivity index (χ3v) is 2.04. The molecule has 5 heteroatoms. The molecule has 0 aliphatic heterocycles. The first kappa shape index (κ1) is 9.76. The standard InChI is InChI=1S/C10H14N4O/c1-2-3-9-13-14-10(15-9)12-7-8-4-5-11-6-8/h4-6,11H,2-3,7H2,1H3,(H,12,14).